The molecule has 0 aliphatic carbocycles. The van der Waals surface area contributed by atoms with Gasteiger partial charge in [0.25, 0.3) is 0 Å². The molecule has 2 aromatic carbocycles. The fourth-order valence-electron chi connectivity index (χ4n) is 1.85. The van der Waals surface area contributed by atoms with E-state index in [0.29, 0.717) is 11.4 Å². The Hall–Kier alpha value is -2.60. The Morgan fingerprint density at radius 1 is 1.14 bits per heavy atom. The number of ether oxygens (including phenoxy) is 1. The van der Waals surface area contributed by atoms with Crippen LogP contribution >= 0.6 is 11.5 Å². The van der Waals surface area contributed by atoms with Gasteiger partial charge in [-0.3, -0.25) is 0 Å². The van der Waals surface area contributed by atoms with Crippen LogP contribution in [-0.4, -0.2) is 17.5 Å². The van der Waals surface area contributed by atoms with Crippen LogP contribution in [0.25, 0.3) is 10.1 Å². The van der Waals surface area contributed by atoms with E-state index in [1.165, 1.54) is 11.5 Å². The second-order valence-corrected chi connectivity index (χ2v) is 5.19. The molecule has 3 rings (SSSR count). The lowest BCUT2D eigenvalue weighted by atomic mass is 10.2. The molecular formula is C15H13N3O2S. The van der Waals surface area contributed by atoms with Crippen LogP contribution in [0.4, 0.5) is 10.5 Å². The molecule has 0 fully saturated rings. The van der Waals surface area contributed by atoms with Gasteiger partial charge < -0.3 is 15.4 Å². The van der Waals surface area contributed by atoms with Gasteiger partial charge in [0.15, 0.2) is 0 Å². The zero-order valence-corrected chi connectivity index (χ0v) is 12.1. The molecule has 5 nitrogen and oxygen atoms in total. The van der Waals surface area contributed by atoms with Gasteiger partial charge in [-0.25, -0.2) is 4.79 Å². The molecule has 0 radical (unpaired) electrons. The summed E-state index contributed by atoms with van der Waals surface area (Å²) < 4.78 is 11.1. The largest absolute Gasteiger partial charge is 0.457 e. The van der Waals surface area contributed by atoms with Crippen molar-refractivity contribution in [3.8, 4) is 11.5 Å². The Morgan fingerprint density at radius 2 is 1.90 bits per heavy atom. The molecule has 0 spiro atoms. The van der Waals surface area contributed by atoms with Crippen LogP contribution in [0, 0.1) is 0 Å². The molecule has 0 aliphatic heterocycles. The highest BCUT2D eigenvalue weighted by atomic mass is 32.1. The maximum atomic E-state index is 11.2. The molecule has 0 atom stereocenters. The molecule has 0 bridgehead atoms. The summed E-state index contributed by atoms with van der Waals surface area (Å²) in [6, 6.07) is 12.8. The van der Waals surface area contributed by atoms with E-state index in [1.807, 2.05) is 24.4 Å². The van der Waals surface area contributed by atoms with Gasteiger partial charge in [-0.1, -0.05) is 0 Å². The van der Waals surface area contributed by atoms with Crippen LogP contribution in [-0.2, 0) is 0 Å². The van der Waals surface area contributed by atoms with Crippen molar-refractivity contribution in [1.82, 2.24) is 9.69 Å². The number of carbonyl (C=O) groups is 1. The minimum atomic E-state index is -0.251. The van der Waals surface area contributed by atoms with Gasteiger partial charge in [-0.2, -0.15) is 4.37 Å². The Bertz CT molecular complexity index is 768. The number of hydrogen-bond donors (Lipinski definition) is 2. The highest BCUT2D eigenvalue weighted by Crippen LogP contribution is 2.27. The van der Waals surface area contributed by atoms with Gasteiger partial charge in [0.2, 0.25) is 0 Å². The third-order valence-corrected chi connectivity index (χ3v) is 3.68. The van der Waals surface area contributed by atoms with E-state index >= 15 is 0 Å². The highest BCUT2D eigenvalue weighted by molar-refractivity contribution is 7.13. The number of aromatic nitrogens is 1. The van der Waals surface area contributed by atoms with Gasteiger partial charge in [0.05, 0.1) is 4.70 Å². The standard InChI is InChI=1S/C15H13N3O2S/c1-16-15(19)18-11-2-4-12(5-3-11)20-13-6-7-14-10(8-13)9-17-21-14/h2-9H,1H3,(H2,16,18,19). The fourth-order valence-corrected chi connectivity index (χ4v) is 2.48. The maximum Gasteiger partial charge on any atom is 0.318 e. The molecule has 106 valence electrons. The van der Waals surface area contributed by atoms with Crippen LogP contribution in [0.3, 0.4) is 0 Å². The van der Waals surface area contributed by atoms with E-state index in [0.717, 1.165) is 15.8 Å². The van der Waals surface area contributed by atoms with Crippen LogP contribution in [0.5, 0.6) is 11.5 Å². The SMILES string of the molecule is CNC(=O)Nc1ccc(Oc2ccc3sncc3c2)cc1. The number of urea groups is 1. The third kappa shape index (κ3) is 3.11. The van der Waals surface area contributed by atoms with Crippen molar-refractivity contribution in [2.24, 2.45) is 0 Å². The molecule has 0 unspecified atom stereocenters. The molecule has 0 saturated carbocycles. The average molecular weight is 299 g/mol. The lowest BCUT2D eigenvalue weighted by Crippen LogP contribution is -2.24. The van der Waals surface area contributed by atoms with Crippen molar-refractivity contribution in [3.63, 3.8) is 0 Å². The number of hydrogen-bond acceptors (Lipinski definition) is 4. The second kappa shape index (κ2) is 5.80. The summed E-state index contributed by atoms with van der Waals surface area (Å²) in [6.45, 7) is 0. The van der Waals surface area contributed by atoms with Crippen LogP contribution in [0.2, 0.25) is 0 Å². The molecule has 1 aromatic heterocycles. The van der Waals surface area contributed by atoms with Crippen molar-refractivity contribution >= 4 is 33.3 Å². The lowest BCUT2D eigenvalue weighted by Gasteiger charge is -2.08. The summed E-state index contributed by atoms with van der Waals surface area (Å²) in [5.41, 5.74) is 0.708. The fraction of sp³-hybridized carbons (Fsp3) is 0.0667. The van der Waals surface area contributed by atoms with Crippen LogP contribution in [0.15, 0.2) is 48.7 Å². The first-order valence-electron chi connectivity index (χ1n) is 6.36. The van der Waals surface area contributed by atoms with E-state index in [1.54, 1.807) is 31.3 Å². The molecule has 2 N–H and O–H groups in total. The topological polar surface area (TPSA) is 63.2 Å². The van der Waals surface area contributed by atoms with Gasteiger partial charge in [-0.15, -0.1) is 0 Å². The number of nitrogens with one attached hydrogen (secondary N) is 2. The molecule has 2 amide bonds. The normalized spacial score (nSPS) is 10.3. The van der Waals surface area contributed by atoms with Crippen LogP contribution < -0.4 is 15.4 Å². The Morgan fingerprint density at radius 3 is 2.67 bits per heavy atom. The third-order valence-electron chi connectivity index (χ3n) is 2.90. The number of rotatable bonds is 3. The van der Waals surface area contributed by atoms with Gasteiger partial charge in [0, 0.05) is 24.3 Å². The van der Waals surface area contributed by atoms with Crippen LogP contribution in [0.1, 0.15) is 0 Å². The Balaban J connectivity index is 1.73. The first kappa shape index (κ1) is 13.4. The summed E-state index contributed by atoms with van der Waals surface area (Å²) in [5.74, 6) is 1.47. The smallest absolute Gasteiger partial charge is 0.318 e. The monoisotopic (exact) mass is 299 g/mol. The zero-order valence-electron chi connectivity index (χ0n) is 11.3. The van der Waals surface area contributed by atoms with E-state index in [9.17, 15) is 4.79 Å². The van der Waals surface area contributed by atoms with E-state index in [2.05, 4.69) is 15.0 Å². The summed E-state index contributed by atoms with van der Waals surface area (Å²) in [7, 11) is 1.57. The molecule has 6 heteroatoms. The molecule has 0 aliphatic rings. The lowest BCUT2D eigenvalue weighted by molar-refractivity contribution is 0.254. The summed E-state index contributed by atoms with van der Waals surface area (Å²) in [4.78, 5) is 11.2. The number of carbonyl (C=O) groups excluding carboxylic acids is 1. The van der Waals surface area contributed by atoms with Crippen molar-refractivity contribution in [2.75, 3.05) is 12.4 Å². The predicted molar refractivity (Wildman–Crippen MR) is 84.2 cm³/mol. The molecule has 1 heterocycles. The summed E-state index contributed by atoms with van der Waals surface area (Å²) in [6.07, 6.45) is 1.82. The Labute approximate surface area is 125 Å². The van der Waals surface area contributed by atoms with Gasteiger partial charge in [-0.05, 0) is 54.0 Å². The van der Waals surface area contributed by atoms with E-state index in [-0.39, 0.29) is 6.03 Å². The number of anilines is 1. The number of benzene rings is 2. The Kier molecular flexibility index (Phi) is 3.70. The van der Waals surface area contributed by atoms with Gasteiger partial charge >= 0.3 is 6.03 Å². The predicted octanol–water partition coefficient (Wildman–Crippen LogP) is 3.84. The first-order chi connectivity index (χ1) is 10.2. The number of amides is 2. The molecular weight excluding hydrogens is 286 g/mol. The van der Waals surface area contributed by atoms with Crippen molar-refractivity contribution < 1.29 is 9.53 Å². The quantitative estimate of drug-likeness (QED) is 0.772. The van der Waals surface area contributed by atoms with Crippen molar-refractivity contribution in [2.45, 2.75) is 0 Å². The minimum absolute atomic E-state index is 0.251. The highest BCUT2D eigenvalue weighted by Gasteiger charge is 2.02. The number of fused-ring (bicyclic) bond motifs is 1. The minimum Gasteiger partial charge on any atom is -0.457 e. The second-order valence-electron chi connectivity index (χ2n) is 4.36. The molecule has 0 saturated heterocycles. The average Bonchev–Trinajstić information content (AvgIpc) is 2.96. The van der Waals surface area contributed by atoms with Crippen molar-refractivity contribution in [1.29, 1.82) is 0 Å². The molecule has 21 heavy (non-hydrogen) atoms. The summed E-state index contributed by atoms with van der Waals surface area (Å²) >= 11 is 1.46. The van der Waals surface area contributed by atoms with E-state index < -0.39 is 0 Å². The zero-order chi connectivity index (χ0) is 14.7. The van der Waals surface area contributed by atoms with Crippen molar-refractivity contribution in [3.05, 3.63) is 48.7 Å². The maximum absolute atomic E-state index is 11.2. The van der Waals surface area contributed by atoms with Gasteiger partial charge in [0.1, 0.15) is 11.5 Å². The first-order valence-corrected chi connectivity index (χ1v) is 7.13. The summed E-state index contributed by atoms with van der Waals surface area (Å²) in [5, 5.41) is 6.25. The molecule has 3 aromatic rings. The number of nitrogens with zero attached hydrogens (tertiary/aromatic N) is 1. The van der Waals surface area contributed by atoms with E-state index in [4.69, 9.17) is 4.74 Å².